The first kappa shape index (κ1) is 16.7. The molecule has 1 aromatic carbocycles. The number of carbonyl (C=O) groups excluding carboxylic acids is 1. The van der Waals surface area contributed by atoms with Crippen LogP contribution in [0.4, 0.5) is 5.95 Å². The number of rotatable bonds is 6. The Bertz CT molecular complexity index is 659. The molecule has 2 aromatic rings. The van der Waals surface area contributed by atoms with Gasteiger partial charge in [0.25, 0.3) is 5.91 Å². The fraction of sp³-hybridized carbons (Fsp3) is 0.353. The molecule has 2 rings (SSSR count). The van der Waals surface area contributed by atoms with E-state index < -0.39 is 6.10 Å². The van der Waals surface area contributed by atoms with Crippen LogP contribution in [-0.4, -0.2) is 36.1 Å². The molecule has 1 aromatic heterocycles. The standard InChI is InChI=1S/C17H22N4O2/c1-12-10-14(20-17(19-12)21(3)4)11-18-16(22)13(2)23-15-8-6-5-7-9-15/h5-10,13H,11H2,1-4H3,(H,18,22)/t13-/m0/s1. The van der Waals surface area contributed by atoms with Crippen molar-refractivity contribution in [1.29, 1.82) is 0 Å². The van der Waals surface area contributed by atoms with Gasteiger partial charge in [-0.15, -0.1) is 0 Å². The van der Waals surface area contributed by atoms with Gasteiger partial charge in [-0.3, -0.25) is 4.79 Å². The van der Waals surface area contributed by atoms with Crippen LogP contribution in [0, 0.1) is 6.92 Å². The average molecular weight is 314 g/mol. The van der Waals surface area contributed by atoms with E-state index in [-0.39, 0.29) is 5.91 Å². The van der Waals surface area contributed by atoms with Gasteiger partial charge in [-0.25, -0.2) is 9.97 Å². The Morgan fingerprint density at radius 1 is 1.26 bits per heavy atom. The van der Waals surface area contributed by atoms with Crippen molar-refractivity contribution in [2.75, 3.05) is 19.0 Å². The summed E-state index contributed by atoms with van der Waals surface area (Å²) < 4.78 is 5.60. The minimum Gasteiger partial charge on any atom is -0.481 e. The Balaban J connectivity index is 1.93. The van der Waals surface area contributed by atoms with Crippen molar-refractivity contribution >= 4 is 11.9 Å². The molecule has 6 heteroatoms. The second-order valence-electron chi connectivity index (χ2n) is 5.49. The molecule has 0 fully saturated rings. The van der Waals surface area contributed by atoms with Crippen LogP contribution in [0.2, 0.25) is 0 Å². The molecule has 1 amide bonds. The molecular formula is C17H22N4O2. The lowest BCUT2D eigenvalue weighted by Gasteiger charge is -2.15. The summed E-state index contributed by atoms with van der Waals surface area (Å²) in [7, 11) is 3.76. The van der Waals surface area contributed by atoms with E-state index in [4.69, 9.17) is 4.74 Å². The molecule has 0 unspecified atom stereocenters. The number of amides is 1. The predicted octanol–water partition coefficient (Wildman–Crippen LogP) is 1.93. The van der Waals surface area contributed by atoms with Crippen LogP contribution < -0.4 is 15.0 Å². The lowest BCUT2D eigenvalue weighted by molar-refractivity contribution is -0.127. The third-order valence-electron chi connectivity index (χ3n) is 3.16. The van der Waals surface area contributed by atoms with Crippen LogP contribution in [0.5, 0.6) is 5.75 Å². The van der Waals surface area contributed by atoms with Gasteiger partial charge >= 0.3 is 0 Å². The van der Waals surface area contributed by atoms with Gasteiger partial charge < -0.3 is 15.0 Å². The number of nitrogens with zero attached hydrogens (tertiary/aromatic N) is 3. The molecule has 0 radical (unpaired) electrons. The van der Waals surface area contributed by atoms with Crippen LogP contribution in [0.25, 0.3) is 0 Å². The Labute approximate surface area is 136 Å². The van der Waals surface area contributed by atoms with E-state index in [1.165, 1.54) is 0 Å². The van der Waals surface area contributed by atoms with Crippen molar-refractivity contribution < 1.29 is 9.53 Å². The second kappa shape index (κ2) is 7.58. The highest BCUT2D eigenvalue weighted by Crippen LogP contribution is 2.11. The summed E-state index contributed by atoms with van der Waals surface area (Å²) in [6.07, 6.45) is -0.575. The van der Waals surface area contributed by atoms with E-state index in [2.05, 4.69) is 15.3 Å². The minimum absolute atomic E-state index is 0.184. The monoisotopic (exact) mass is 314 g/mol. The van der Waals surface area contributed by atoms with Crippen molar-refractivity contribution in [3.05, 3.63) is 47.8 Å². The summed E-state index contributed by atoms with van der Waals surface area (Å²) in [4.78, 5) is 22.7. The quantitative estimate of drug-likeness (QED) is 0.882. The normalized spacial score (nSPS) is 11.7. The van der Waals surface area contributed by atoms with Gasteiger partial charge in [-0.05, 0) is 32.0 Å². The fourth-order valence-electron chi connectivity index (χ4n) is 1.99. The largest absolute Gasteiger partial charge is 0.481 e. The predicted molar refractivity (Wildman–Crippen MR) is 89.5 cm³/mol. The highest BCUT2D eigenvalue weighted by atomic mass is 16.5. The number of nitrogens with one attached hydrogen (secondary N) is 1. The topological polar surface area (TPSA) is 67.3 Å². The molecule has 0 spiro atoms. The molecule has 6 nitrogen and oxygen atoms in total. The molecule has 1 heterocycles. The summed E-state index contributed by atoms with van der Waals surface area (Å²) in [5, 5.41) is 2.84. The summed E-state index contributed by atoms with van der Waals surface area (Å²) in [6.45, 7) is 3.96. The summed E-state index contributed by atoms with van der Waals surface area (Å²) in [5.74, 6) is 1.11. The summed E-state index contributed by atoms with van der Waals surface area (Å²) in [6, 6.07) is 11.1. The molecule has 1 atom stereocenters. The van der Waals surface area contributed by atoms with E-state index in [1.807, 2.05) is 62.3 Å². The number of aromatic nitrogens is 2. The lowest BCUT2D eigenvalue weighted by Crippen LogP contribution is -2.36. The third-order valence-corrected chi connectivity index (χ3v) is 3.16. The number of benzene rings is 1. The zero-order valence-electron chi connectivity index (χ0n) is 13.9. The van der Waals surface area contributed by atoms with Crippen molar-refractivity contribution in [3.8, 4) is 5.75 Å². The Morgan fingerprint density at radius 3 is 2.61 bits per heavy atom. The number of aryl methyl sites for hydroxylation is 1. The number of ether oxygens (including phenoxy) is 1. The molecule has 122 valence electrons. The van der Waals surface area contributed by atoms with Gasteiger partial charge in [0, 0.05) is 19.8 Å². The first-order valence-electron chi connectivity index (χ1n) is 7.47. The molecular weight excluding hydrogens is 292 g/mol. The van der Waals surface area contributed by atoms with E-state index >= 15 is 0 Å². The number of carbonyl (C=O) groups is 1. The molecule has 0 bridgehead atoms. The van der Waals surface area contributed by atoms with E-state index in [0.29, 0.717) is 18.2 Å². The first-order chi connectivity index (χ1) is 11.0. The van der Waals surface area contributed by atoms with Crippen molar-refractivity contribution in [2.45, 2.75) is 26.5 Å². The number of anilines is 1. The fourth-order valence-corrected chi connectivity index (χ4v) is 1.99. The molecule has 0 aliphatic heterocycles. The van der Waals surface area contributed by atoms with Gasteiger partial charge in [0.2, 0.25) is 5.95 Å². The maximum Gasteiger partial charge on any atom is 0.261 e. The van der Waals surface area contributed by atoms with Crippen LogP contribution >= 0.6 is 0 Å². The molecule has 0 aliphatic rings. The molecule has 1 N–H and O–H groups in total. The zero-order valence-corrected chi connectivity index (χ0v) is 13.9. The molecule has 0 saturated carbocycles. The van der Waals surface area contributed by atoms with Gasteiger partial charge in [0.1, 0.15) is 5.75 Å². The van der Waals surface area contributed by atoms with E-state index in [9.17, 15) is 4.79 Å². The highest BCUT2D eigenvalue weighted by Gasteiger charge is 2.14. The molecule has 0 saturated heterocycles. The second-order valence-corrected chi connectivity index (χ2v) is 5.49. The van der Waals surface area contributed by atoms with Crippen LogP contribution in [0.1, 0.15) is 18.3 Å². The number of hydrogen-bond acceptors (Lipinski definition) is 5. The SMILES string of the molecule is Cc1cc(CNC(=O)[C@H](C)Oc2ccccc2)nc(N(C)C)n1. The van der Waals surface area contributed by atoms with Gasteiger partial charge in [0.15, 0.2) is 6.10 Å². The van der Waals surface area contributed by atoms with Crippen LogP contribution in [-0.2, 0) is 11.3 Å². The third kappa shape index (κ3) is 4.95. The van der Waals surface area contributed by atoms with E-state index in [0.717, 1.165) is 11.4 Å². The van der Waals surface area contributed by atoms with E-state index in [1.54, 1.807) is 6.92 Å². The number of hydrogen-bond donors (Lipinski definition) is 1. The van der Waals surface area contributed by atoms with Crippen molar-refractivity contribution in [2.24, 2.45) is 0 Å². The van der Waals surface area contributed by atoms with Gasteiger partial charge in [-0.2, -0.15) is 0 Å². The maximum absolute atomic E-state index is 12.1. The average Bonchev–Trinajstić information content (AvgIpc) is 2.53. The molecule has 0 aliphatic carbocycles. The Hall–Kier alpha value is -2.63. The van der Waals surface area contributed by atoms with Crippen molar-refractivity contribution in [3.63, 3.8) is 0 Å². The van der Waals surface area contributed by atoms with Gasteiger partial charge in [-0.1, -0.05) is 18.2 Å². The lowest BCUT2D eigenvalue weighted by atomic mass is 10.3. The summed E-state index contributed by atoms with van der Waals surface area (Å²) in [5.41, 5.74) is 1.63. The zero-order chi connectivity index (χ0) is 16.8. The van der Waals surface area contributed by atoms with Gasteiger partial charge in [0.05, 0.1) is 12.2 Å². The smallest absolute Gasteiger partial charge is 0.261 e. The van der Waals surface area contributed by atoms with Crippen molar-refractivity contribution in [1.82, 2.24) is 15.3 Å². The Morgan fingerprint density at radius 2 is 1.96 bits per heavy atom. The first-order valence-corrected chi connectivity index (χ1v) is 7.47. The number of para-hydroxylation sites is 1. The molecule has 23 heavy (non-hydrogen) atoms. The van der Waals surface area contributed by atoms with Crippen LogP contribution in [0.15, 0.2) is 36.4 Å². The highest BCUT2D eigenvalue weighted by molar-refractivity contribution is 5.80. The Kier molecular flexibility index (Phi) is 5.51. The van der Waals surface area contributed by atoms with Crippen LogP contribution in [0.3, 0.4) is 0 Å². The minimum atomic E-state index is -0.575. The summed E-state index contributed by atoms with van der Waals surface area (Å²) >= 11 is 0. The maximum atomic E-state index is 12.1.